The number of hydrogen-bond donors (Lipinski definition) is 0. The third kappa shape index (κ3) is 4.55. The molecule has 0 unspecified atom stereocenters. The molecule has 0 radical (unpaired) electrons. The van der Waals surface area contributed by atoms with Crippen molar-refractivity contribution in [2.24, 2.45) is 0 Å². The van der Waals surface area contributed by atoms with Gasteiger partial charge < -0.3 is 0 Å². The van der Waals surface area contributed by atoms with Crippen molar-refractivity contribution in [3.63, 3.8) is 0 Å². The molecule has 142 valence electrons. The summed E-state index contributed by atoms with van der Waals surface area (Å²) in [6.45, 7) is 17.1. The monoisotopic (exact) mass is 354 g/mol. The van der Waals surface area contributed by atoms with Gasteiger partial charge in [-0.15, -0.1) is 0 Å². The lowest BCUT2D eigenvalue weighted by Crippen LogP contribution is -2.31. The molecule has 0 amide bonds. The van der Waals surface area contributed by atoms with Crippen LogP contribution in [0.3, 0.4) is 0 Å². The van der Waals surface area contributed by atoms with Gasteiger partial charge in [0.15, 0.2) is 0 Å². The summed E-state index contributed by atoms with van der Waals surface area (Å²) in [5.74, 6) is 0.868. The first kappa shape index (κ1) is 20.7. The summed E-state index contributed by atoms with van der Waals surface area (Å²) in [6.07, 6.45) is 0. The predicted octanol–water partition coefficient (Wildman–Crippen LogP) is 7.05. The first-order chi connectivity index (χ1) is 12.1. The zero-order valence-corrected chi connectivity index (χ0v) is 17.6. The molecule has 0 saturated heterocycles. The summed E-state index contributed by atoms with van der Waals surface area (Å²) in [6, 6.07) is 16.9. The predicted molar refractivity (Wildman–Crippen MR) is 109 cm³/mol. The normalized spacial score (nSPS) is 12.8. The lowest BCUT2D eigenvalue weighted by Gasteiger charge is -2.34. The highest BCUT2D eigenvalue weighted by Crippen LogP contribution is 2.37. The molecule has 0 aromatic heterocycles. The van der Waals surface area contributed by atoms with E-state index < -0.39 is 11.2 Å². The van der Waals surface area contributed by atoms with Crippen molar-refractivity contribution >= 4 is 0 Å². The SMILES string of the molecule is CC(C)c1ccccc1C(C)(C)OOC(C)(C)c1ccccc1C(C)C. The van der Waals surface area contributed by atoms with Crippen LogP contribution < -0.4 is 0 Å². The Balaban J connectivity index is 2.27. The van der Waals surface area contributed by atoms with Crippen molar-refractivity contribution in [3.8, 4) is 0 Å². The van der Waals surface area contributed by atoms with Gasteiger partial charge >= 0.3 is 0 Å². The fourth-order valence-corrected chi connectivity index (χ4v) is 3.40. The van der Waals surface area contributed by atoms with Gasteiger partial charge in [-0.1, -0.05) is 76.2 Å². The molecule has 0 aliphatic heterocycles. The lowest BCUT2D eigenvalue weighted by molar-refractivity contribution is -0.410. The molecule has 0 atom stereocenters. The van der Waals surface area contributed by atoms with Crippen LogP contribution in [0.2, 0.25) is 0 Å². The van der Waals surface area contributed by atoms with E-state index in [9.17, 15) is 0 Å². The second kappa shape index (κ2) is 7.94. The molecule has 0 aliphatic rings. The van der Waals surface area contributed by atoms with Gasteiger partial charge in [0.1, 0.15) is 11.2 Å². The summed E-state index contributed by atoms with van der Waals surface area (Å²) in [7, 11) is 0. The van der Waals surface area contributed by atoms with E-state index in [1.807, 2.05) is 0 Å². The van der Waals surface area contributed by atoms with Gasteiger partial charge in [0, 0.05) is 0 Å². The van der Waals surface area contributed by atoms with Crippen molar-refractivity contribution in [1.29, 1.82) is 0 Å². The van der Waals surface area contributed by atoms with E-state index in [-0.39, 0.29) is 0 Å². The van der Waals surface area contributed by atoms with Crippen LogP contribution in [0.4, 0.5) is 0 Å². The largest absolute Gasteiger partial charge is 0.225 e. The molecule has 2 nitrogen and oxygen atoms in total. The van der Waals surface area contributed by atoms with E-state index in [4.69, 9.17) is 9.78 Å². The minimum Gasteiger partial charge on any atom is -0.225 e. The zero-order chi connectivity index (χ0) is 19.5. The molecule has 0 bridgehead atoms. The van der Waals surface area contributed by atoms with Crippen molar-refractivity contribution in [2.45, 2.75) is 78.4 Å². The highest BCUT2D eigenvalue weighted by molar-refractivity contribution is 5.35. The van der Waals surface area contributed by atoms with E-state index in [2.05, 4.69) is 104 Å². The van der Waals surface area contributed by atoms with Crippen LogP contribution in [0.15, 0.2) is 48.5 Å². The lowest BCUT2D eigenvalue weighted by atomic mass is 9.87. The van der Waals surface area contributed by atoms with Gasteiger partial charge in [-0.25, -0.2) is 9.78 Å². The molecule has 0 spiro atoms. The first-order valence-corrected chi connectivity index (χ1v) is 9.62. The number of rotatable bonds is 7. The Labute approximate surface area is 159 Å². The highest BCUT2D eigenvalue weighted by atomic mass is 17.2. The third-order valence-corrected chi connectivity index (χ3v) is 4.92. The van der Waals surface area contributed by atoms with Crippen LogP contribution >= 0.6 is 0 Å². The quantitative estimate of drug-likeness (QED) is 0.392. The molecule has 0 heterocycles. The third-order valence-electron chi connectivity index (χ3n) is 4.92. The van der Waals surface area contributed by atoms with E-state index in [1.54, 1.807) is 0 Å². The Kier molecular flexibility index (Phi) is 6.31. The van der Waals surface area contributed by atoms with Crippen molar-refractivity contribution in [1.82, 2.24) is 0 Å². The molecule has 0 N–H and O–H groups in total. The zero-order valence-electron chi connectivity index (χ0n) is 17.6. The van der Waals surface area contributed by atoms with Crippen LogP contribution in [0.25, 0.3) is 0 Å². The first-order valence-electron chi connectivity index (χ1n) is 9.62. The average molecular weight is 355 g/mol. The van der Waals surface area contributed by atoms with Gasteiger partial charge in [-0.2, -0.15) is 0 Å². The fourth-order valence-electron chi connectivity index (χ4n) is 3.40. The Morgan fingerprint density at radius 2 is 0.885 bits per heavy atom. The summed E-state index contributed by atoms with van der Waals surface area (Å²) in [5.41, 5.74) is 3.85. The summed E-state index contributed by atoms with van der Waals surface area (Å²) in [5, 5.41) is 0. The fraction of sp³-hybridized carbons (Fsp3) is 0.500. The second-order valence-corrected chi connectivity index (χ2v) is 8.67. The molecule has 0 aliphatic carbocycles. The Morgan fingerprint density at radius 1 is 0.577 bits per heavy atom. The maximum absolute atomic E-state index is 6.06. The van der Waals surface area contributed by atoms with Gasteiger partial charge in [0.2, 0.25) is 0 Å². The summed E-state index contributed by atoms with van der Waals surface area (Å²) in [4.78, 5) is 12.1. The Morgan fingerprint density at radius 3 is 1.19 bits per heavy atom. The van der Waals surface area contributed by atoms with Gasteiger partial charge in [-0.05, 0) is 61.8 Å². The molecular formula is C24H34O2. The molecule has 0 fully saturated rings. The topological polar surface area (TPSA) is 18.5 Å². The van der Waals surface area contributed by atoms with Crippen LogP contribution in [0.1, 0.15) is 89.5 Å². The standard InChI is InChI=1S/C24H34O2/c1-17(2)19-13-9-11-15-21(19)23(5,6)25-26-24(7,8)22-16-12-10-14-20(22)18(3)4/h9-18H,1-8H3. The maximum atomic E-state index is 6.06. The van der Waals surface area contributed by atoms with E-state index in [0.717, 1.165) is 0 Å². The minimum absolute atomic E-state index is 0.434. The Bertz CT molecular complexity index is 663. The van der Waals surface area contributed by atoms with Crippen LogP contribution in [-0.2, 0) is 21.0 Å². The number of benzene rings is 2. The molecule has 26 heavy (non-hydrogen) atoms. The smallest absolute Gasteiger partial charge is 0.123 e. The van der Waals surface area contributed by atoms with Crippen LogP contribution in [0.5, 0.6) is 0 Å². The van der Waals surface area contributed by atoms with Gasteiger partial charge in [0.05, 0.1) is 0 Å². The maximum Gasteiger partial charge on any atom is 0.123 e. The number of hydrogen-bond acceptors (Lipinski definition) is 2. The molecule has 2 aromatic carbocycles. The van der Waals surface area contributed by atoms with Gasteiger partial charge in [0.25, 0.3) is 0 Å². The van der Waals surface area contributed by atoms with E-state index >= 15 is 0 Å². The minimum atomic E-state index is -0.537. The second-order valence-electron chi connectivity index (χ2n) is 8.67. The molecule has 2 aromatic rings. The van der Waals surface area contributed by atoms with Crippen molar-refractivity contribution in [3.05, 3.63) is 70.8 Å². The van der Waals surface area contributed by atoms with Crippen molar-refractivity contribution < 1.29 is 9.78 Å². The molecular weight excluding hydrogens is 320 g/mol. The van der Waals surface area contributed by atoms with Crippen LogP contribution in [-0.4, -0.2) is 0 Å². The van der Waals surface area contributed by atoms with Gasteiger partial charge in [-0.3, -0.25) is 0 Å². The van der Waals surface area contributed by atoms with Crippen molar-refractivity contribution in [2.75, 3.05) is 0 Å². The molecule has 0 saturated carbocycles. The molecule has 2 rings (SSSR count). The highest BCUT2D eigenvalue weighted by Gasteiger charge is 2.32. The average Bonchev–Trinajstić information content (AvgIpc) is 2.60. The summed E-state index contributed by atoms with van der Waals surface area (Å²) < 4.78 is 0. The summed E-state index contributed by atoms with van der Waals surface area (Å²) >= 11 is 0. The Hall–Kier alpha value is -1.64. The van der Waals surface area contributed by atoms with E-state index in [0.29, 0.717) is 11.8 Å². The van der Waals surface area contributed by atoms with E-state index in [1.165, 1.54) is 22.3 Å². The molecule has 2 heteroatoms. The van der Waals surface area contributed by atoms with Crippen LogP contribution in [0, 0.1) is 0 Å².